The molecule has 1 aromatic carbocycles. The number of carbonyl (C=O) groups excluding carboxylic acids is 2. The van der Waals surface area contributed by atoms with Gasteiger partial charge in [0.15, 0.2) is 0 Å². The molecule has 9 heteroatoms. The van der Waals surface area contributed by atoms with E-state index in [1.54, 1.807) is 6.92 Å². The lowest BCUT2D eigenvalue weighted by molar-refractivity contribution is -0.143. The van der Waals surface area contributed by atoms with Crippen LogP contribution in [0.1, 0.15) is 37.0 Å². The minimum atomic E-state index is -1.16. The zero-order chi connectivity index (χ0) is 17.4. The standard InChI is InChI=1S/C14H15F2N3O3S/c1-3-5-22-14(21)11(4-2)23-12-6-8(13(20)18-19-17)9(15)7-10(12)16/h6-7,11H,3-5H2,1-2H3. The summed E-state index contributed by atoms with van der Waals surface area (Å²) >= 11 is 0.829. The summed E-state index contributed by atoms with van der Waals surface area (Å²) in [6.07, 6.45) is 1.02. The van der Waals surface area contributed by atoms with E-state index in [-0.39, 0.29) is 11.5 Å². The molecule has 0 saturated heterocycles. The Hall–Kier alpha value is -2.12. The van der Waals surface area contributed by atoms with E-state index in [1.807, 2.05) is 6.92 Å². The lowest BCUT2D eigenvalue weighted by atomic mass is 10.2. The molecule has 0 aliphatic rings. The van der Waals surface area contributed by atoms with Crippen molar-refractivity contribution in [3.05, 3.63) is 39.8 Å². The van der Waals surface area contributed by atoms with Gasteiger partial charge in [0, 0.05) is 15.9 Å². The largest absolute Gasteiger partial charge is 0.465 e. The van der Waals surface area contributed by atoms with Gasteiger partial charge in [-0.3, -0.25) is 9.59 Å². The van der Waals surface area contributed by atoms with E-state index in [2.05, 4.69) is 10.0 Å². The van der Waals surface area contributed by atoms with E-state index in [0.717, 1.165) is 17.8 Å². The number of hydrogen-bond donors (Lipinski definition) is 0. The average Bonchev–Trinajstić information content (AvgIpc) is 2.52. The maximum atomic E-state index is 13.9. The first-order chi connectivity index (χ1) is 10.9. The smallest absolute Gasteiger partial charge is 0.319 e. The molecule has 0 saturated carbocycles. The maximum Gasteiger partial charge on any atom is 0.319 e. The summed E-state index contributed by atoms with van der Waals surface area (Å²) < 4.78 is 32.5. The minimum absolute atomic E-state index is 0.0943. The first kappa shape index (κ1) is 18.9. The number of esters is 1. The molecule has 0 N–H and O–H groups in total. The Morgan fingerprint density at radius 2 is 2.04 bits per heavy atom. The van der Waals surface area contributed by atoms with Crippen molar-refractivity contribution in [1.82, 2.24) is 0 Å². The molecule has 1 atom stereocenters. The highest BCUT2D eigenvalue weighted by atomic mass is 32.2. The zero-order valence-electron chi connectivity index (χ0n) is 12.6. The van der Waals surface area contributed by atoms with Gasteiger partial charge in [0.05, 0.1) is 12.2 Å². The second-order valence-corrected chi connectivity index (χ2v) is 5.68. The highest BCUT2D eigenvalue weighted by molar-refractivity contribution is 8.00. The Labute approximate surface area is 135 Å². The van der Waals surface area contributed by atoms with Crippen molar-refractivity contribution >= 4 is 23.6 Å². The molecule has 0 bridgehead atoms. The number of halogens is 2. The third-order valence-corrected chi connectivity index (χ3v) is 4.12. The van der Waals surface area contributed by atoms with E-state index in [9.17, 15) is 18.4 Å². The summed E-state index contributed by atoms with van der Waals surface area (Å²) in [6.45, 7) is 3.81. The fourth-order valence-electron chi connectivity index (χ4n) is 1.62. The maximum absolute atomic E-state index is 13.9. The third kappa shape index (κ3) is 5.22. The van der Waals surface area contributed by atoms with Gasteiger partial charge in [-0.15, -0.1) is 11.8 Å². The molecular formula is C14H15F2N3O3S. The summed E-state index contributed by atoms with van der Waals surface area (Å²) in [6, 6.07) is 1.45. The molecule has 0 aliphatic heterocycles. The van der Waals surface area contributed by atoms with Gasteiger partial charge in [0.25, 0.3) is 5.91 Å². The highest BCUT2D eigenvalue weighted by Crippen LogP contribution is 2.31. The van der Waals surface area contributed by atoms with Crippen molar-refractivity contribution in [3.63, 3.8) is 0 Å². The number of nitrogens with zero attached hydrogens (tertiary/aromatic N) is 3. The average molecular weight is 343 g/mol. The van der Waals surface area contributed by atoms with Crippen LogP contribution in [0.5, 0.6) is 0 Å². The van der Waals surface area contributed by atoms with Crippen LogP contribution >= 0.6 is 11.8 Å². The van der Waals surface area contributed by atoms with Gasteiger partial charge >= 0.3 is 5.97 Å². The lowest BCUT2D eigenvalue weighted by Gasteiger charge is -2.14. The number of azide groups is 1. The molecule has 0 aromatic heterocycles. The van der Waals surface area contributed by atoms with Crippen LogP contribution in [0.25, 0.3) is 10.4 Å². The summed E-state index contributed by atoms with van der Waals surface area (Å²) in [5, 5.41) is 2.09. The van der Waals surface area contributed by atoms with Crippen molar-refractivity contribution in [2.75, 3.05) is 6.61 Å². The van der Waals surface area contributed by atoms with Crippen molar-refractivity contribution < 1.29 is 23.1 Å². The predicted molar refractivity (Wildman–Crippen MR) is 81.0 cm³/mol. The molecule has 0 aliphatic carbocycles. The van der Waals surface area contributed by atoms with Crippen molar-refractivity contribution in [2.24, 2.45) is 5.11 Å². The molecule has 6 nitrogen and oxygen atoms in total. The number of amides is 1. The van der Waals surface area contributed by atoms with Crippen LogP contribution in [0.3, 0.4) is 0 Å². The van der Waals surface area contributed by atoms with E-state index >= 15 is 0 Å². The van der Waals surface area contributed by atoms with Gasteiger partial charge in [-0.05, 0) is 29.6 Å². The Morgan fingerprint density at radius 3 is 2.61 bits per heavy atom. The Balaban J connectivity index is 3.06. The van der Waals surface area contributed by atoms with Crippen LogP contribution < -0.4 is 0 Å². The van der Waals surface area contributed by atoms with E-state index in [1.165, 1.54) is 0 Å². The molecule has 1 rings (SSSR count). The van der Waals surface area contributed by atoms with Crippen LogP contribution in [0.4, 0.5) is 8.78 Å². The van der Waals surface area contributed by atoms with Crippen molar-refractivity contribution in [1.29, 1.82) is 0 Å². The Kier molecular flexibility index (Phi) is 7.50. The van der Waals surface area contributed by atoms with Crippen LogP contribution in [-0.4, -0.2) is 23.7 Å². The minimum Gasteiger partial charge on any atom is -0.465 e. The van der Waals surface area contributed by atoms with Crippen molar-refractivity contribution in [3.8, 4) is 0 Å². The van der Waals surface area contributed by atoms with Crippen LogP contribution in [-0.2, 0) is 9.53 Å². The number of benzene rings is 1. The summed E-state index contributed by atoms with van der Waals surface area (Å²) in [5.74, 6) is -3.71. The molecular weight excluding hydrogens is 328 g/mol. The van der Waals surface area contributed by atoms with Gasteiger partial charge in [-0.25, -0.2) is 8.78 Å². The molecule has 23 heavy (non-hydrogen) atoms. The Morgan fingerprint density at radius 1 is 1.35 bits per heavy atom. The number of ether oxygens (including phenoxy) is 1. The number of thioether (sulfide) groups is 1. The van der Waals surface area contributed by atoms with Crippen molar-refractivity contribution in [2.45, 2.75) is 36.8 Å². The number of hydrogen-bond acceptors (Lipinski definition) is 4. The summed E-state index contributed by atoms with van der Waals surface area (Å²) in [7, 11) is 0. The quantitative estimate of drug-likeness (QED) is 0.243. The van der Waals surface area contributed by atoms with E-state index in [0.29, 0.717) is 18.9 Å². The van der Waals surface area contributed by atoms with Gasteiger partial charge in [-0.2, -0.15) is 0 Å². The normalized spacial score (nSPS) is 11.5. The molecule has 1 aromatic rings. The third-order valence-electron chi connectivity index (χ3n) is 2.74. The van der Waals surface area contributed by atoms with Crippen LogP contribution in [0.15, 0.2) is 22.1 Å². The van der Waals surface area contributed by atoms with E-state index in [4.69, 9.17) is 10.3 Å². The van der Waals surface area contributed by atoms with Crippen LogP contribution in [0, 0.1) is 11.6 Å². The monoisotopic (exact) mass is 343 g/mol. The Bertz CT molecular complexity index is 648. The zero-order valence-corrected chi connectivity index (χ0v) is 13.4. The number of rotatable bonds is 7. The molecule has 0 spiro atoms. The van der Waals surface area contributed by atoms with Gasteiger partial charge in [0.1, 0.15) is 16.9 Å². The van der Waals surface area contributed by atoms with Gasteiger partial charge in [-0.1, -0.05) is 13.8 Å². The molecule has 0 fully saturated rings. The molecule has 1 unspecified atom stereocenters. The molecule has 124 valence electrons. The summed E-state index contributed by atoms with van der Waals surface area (Å²) in [5.41, 5.74) is 7.67. The molecule has 1 amide bonds. The highest BCUT2D eigenvalue weighted by Gasteiger charge is 2.23. The SMILES string of the molecule is CCCOC(=O)C(CC)Sc1cc(C(=O)N=[N+]=[N-])c(F)cc1F. The first-order valence-electron chi connectivity index (χ1n) is 6.86. The number of carbonyl (C=O) groups is 2. The lowest BCUT2D eigenvalue weighted by Crippen LogP contribution is -2.20. The first-order valence-corrected chi connectivity index (χ1v) is 7.74. The molecule has 0 radical (unpaired) electrons. The van der Waals surface area contributed by atoms with Crippen LogP contribution in [0.2, 0.25) is 0 Å². The topological polar surface area (TPSA) is 92.1 Å². The van der Waals surface area contributed by atoms with Gasteiger partial charge < -0.3 is 4.74 Å². The van der Waals surface area contributed by atoms with E-state index < -0.39 is 34.3 Å². The summed E-state index contributed by atoms with van der Waals surface area (Å²) in [4.78, 5) is 25.5. The fourth-order valence-corrected chi connectivity index (χ4v) is 2.62. The molecule has 0 heterocycles. The second kappa shape index (κ2) is 9.12. The van der Waals surface area contributed by atoms with Gasteiger partial charge in [0.2, 0.25) is 0 Å². The predicted octanol–water partition coefficient (Wildman–Crippen LogP) is 4.24. The fraction of sp³-hybridized carbons (Fsp3) is 0.429. The second-order valence-electron chi connectivity index (χ2n) is 4.44.